The van der Waals surface area contributed by atoms with Gasteiger partial charge >= 0.3 is 0 Å². The summed E-state index contributed by atoms with van der Waals surface area (Å²) in [5, 5.41) is 2.81. The fraction of sp³-hybridized carbons (Fsp3) is 0.143. The molecule has 20 heavy (non-hydrogen) atoms. The lowest BCUT2D eigenvalue weighted by atomic mass is 10.2. The van der Waals surface area contributed by atoms with Crippen LogP contribution in [0.1, 0.15) is 5.56 Å². The van der Waals surface area contributed by atoms with E-state index in [0.717, 1.165) is 6.07 Å². The molecule has 0 saturated heterocycles. The topological polar surface area (TPSA) is 58.2 Å². The standard InChI is InChI=1S/C14H15FN2O2S/c1-10-7-8-11(9-12(10)15)17-20(18,19)14-6-4-3-5-13(14)16-2/h3-9,16-17H,1-2H3. The fourth-order valence-corrected chi connectivity index (χ4v) is 3.04. The van der Waals surface area contributed by atoms with E-state index in [2.05, 4.69) is 10.0 Å². The molecule has 0 spiro atoms. The zero-order valence-corrected chi connectivity index (χ0v) is 12.0. The van der Waals surface area contributed by atoms with Crippen molar-refractivity contribution < 1.29 is 12.8 Å². The van der Waals surface area contributed by atoms with Gasteiger partial charge in [-0.15, -0.1) is 0 Å². The van der Waals surface area contributed by atoms with E-state index in [1.807, 2.05) is 0 Å². The summed E-state index contributed by atoms with van der Waals surface area (Å²) in [6.45, 7) is 1.61. The lowest BCUT2D eigenvalue weighted by Crippen LogP contribution is -2.14. The molecule has 0 radical (unpaired) electrons. The molecule has 6 heteroatoms. The molecular weight excluding hydrogens is 279 g/mol. The fourth-order valence-electron chi connectivity index (χ4n) is 1.77. The van der Waals surface area contributed by atoms with Gasteiger partial charge in [0, 0.05) is 7.05 Å². The Morgan fingerprint density at radius 1 is 1.10 bits per heavy atom. The number of anilines is 2. The van der Waals surface area contributed by atoms with Crippen LogP contribution in [0, 0.1) is 12.7 Å². The Labute approximate surface area is 117 Å². The number of sulfonamides is 1. The summed E-state index contributed by atoms with van der Waals surface area (Å²) in [4.78, 5) is 0.114. The minimum absolute atomic E-state index is 0.114. The lowest BCUT2D eigenvalue weighted by Gasteiger charge is -2.12. The van der Waals surface area contributed by atoms with Gasteiger partial charge in [-0.1, -0.05) is 18.2 Å². The van der Waals surface area contributed by atoms with E-state index in [1.165, 1.54) is 18.2 Å². The molecule has 2 aromatic carbocycles. The van der Waals surface area contributed by atoms with Crippen LogP contribution in [0.5, 0.6) is 0 Å². The van der Waals surface area contributed by atoms with E-state index in [-0.39, 0.29) is 10.6 Å². The van der Waals surface area contributed by atoms with Crippen molar-refractivity contribution in [2.24, 2.45) is 0 Å². The molecule has 2 rings (SSSR count). The zero-order valence-electron chi connectivity index (χ0n) is 11.1. The van der Waals surface area contributed by atoms with Crippen LogP contribution in [0.25, 0.3) is 0 Å². The number of aryl methyl sites for hydroxylation is 1. The normalized spacial score (nSPS) is 11.2. The number of benzene rings is 2. The summed E-state index contributed by atoms with van der Waals surface area (Å²) in [7, 11) is -2.13. The van der Waals surface area contributed by atoms with Crippen molar-refractivity contribution in [1.82, 2.24) is 0 Å². The van der Waals surface area contributed by atoms with Crippen LogP contribution >= 0.6 is 0 Å². The molecule has 0 aliphatic carbocycles. The van der Waals surface area contributed by atoms with E-state index in [4.69, 9.17) is 0 Å². The van der Waals surface area contributed by atoms with Crippen molar-refractivity contribution in [3.8, 4) is 0 Å². The first-order chi connectivity index (χ1) is 9.44. The second-order valence-electron chi connectivity index (χ2n) is 4.32. The van der Waals surface area contributed by atoms with Crippen LogP contribution < -0.4 is 10.0 Å². The van der Waals surface area contributed by atoms with Crippen LogP contribution in [0.2, 0.25) is 0 Å². The highest BCUT2D eigenvalue weighted by atomic mass is 32.2. The molecule has 0 fully saturated rings. The number of hydrogen-bond acceptors (Lipinski definition) is 3. The van der Waals surface area contributed by atoms with Crippen LogP contribution in [0.15, 0.2) is 47.4 Å². The highest BCUT2D eigenvalue weighted by Crippen LogP contribution is 2.23. The number of nitrogens with one attached hydrogen (secondary N) is 2. The maximum Gasteiger partial charge on any atom is 0.263 e. The van der Waals surface area contributed by atoms with Crippen molar-refractivity contribution in [3.63, 3.8) is 0 Å². The van der Waals surface area contributed by atoms with Crippen LogP contribution in [0.4, 0.5) is 15.8 Å². The maximum absolute atomic E-state index is 13.5. The highest BCUT2D eigenvalue weighted by Gasteiger charge is 2.18. The van der Waals surface area contributed by atoms with E-state index < -0.39 is 15.8 Å². The third-order valence-electron chi connectivity index (χ3n) is 2.87. The minimum Gasteiger partial charge on any atom is -0.387 e. The zero-order chi connectivity index (χ0) is 14.8. The largest absolute Gasteiger partial charge is 0.387 e. The molecule has 0 aromatic heterocycles. The quantitative estimate of drug-likeness (QED) is 0.911. The summed E-state index contributed by atoms with van der Waals surface area (Å²) in [5.41, 5.74) is 1.13. The lowest BCUT2D eigenvalue weighted by molar-refractivity contribution is 0.601. The van der Waals surface area contributed by atoms with Gasteiger partial charge in [0.25, 0.3) is 10.0 Å². The molecule has 4 nitrogen and oxygen atoms in total. The Balaban J connectivity index is 2.38. The van der Waals surface area contributed by atoms with E-state index in [0.29, 0.717) is 11.3 Å². The third-order valence-corrected chi connectivity index (χ3v) is 4.31. The smallest absolute Gasteiger partial charge is 0.263 e. The molecule has 0 heterocycles. The SMILES string of the molecule is CNc1ccccc1S(=O)(=O)Nc1ccc(C)c(F)c1. The molecule has 0 unspecified atom stereocenters. The number of halogens is 1. The van der Waals surface area contributed by atoms with E-state index >= 15 is 0 Å². The van der Waals surface area contributed by atoms with Gasteiger partial charge in [-0.05, 0) is 36.8 Å². The first-order valence-corrected chi connectivity index (χ1v) is 7.48. The highest BCUT2D eigenvalue weighted by molar-refractivity contribution is 7.92. The van der Waals surface area contributed by atoms with Crippen LogP contribution in [-0.2, 0) is 10.0 Å². The Hall–Kier alpha value is -2.08. The third kappa shape index (κ3) is 2.91. The van der Waals surface area contributed by atoms with Crippen LogP contribution in [0.3, 0.4) is 0 Å². The Bertz CT molecular complexity index is 730. The Kier molecular flexibility index (Phi) is 3.94. The molecule has 0 aliphatic rings. The summed E-state index contributed by atoms with van der Waals surface area (Å²) in [6, 6.07) is 10.7. The number of hydrogen-bond donors (Lipinski definition) is 2. The van der Waals surface area contributed by atoms with Gasteiger partial charge in [-0.3, -0.25) is 4.72 Å². The van der Waals surface area contributed by atoms with Gasteiger partial charge in [0.2, 0.25) is 0 Å². The first-order valence-electron chi connectivity index (χ1n) is 6.00. The van der Waals surface area contributed by atoms with Gasteiger partial charge in [-0.25, -0.2) is 12.8 Å². The van der Waals surface area contributed by atoms with Crippen molar-refractivity contribution in [1.29, 1.82) is 0 Å². The van der Waals surface area contributed by atoms with Crippen molar-refractivity contribution in [2.75, 3.05) is 17.1 Å². The van der Waals surface area contributed by atoms with E-state index in [1.54, 1.807) is 32.2 Å². The number of rotatable bonds is 4. The van der Waals surface area contributed by atoms with Crippen molar-refractivity contribution in [2.45, 2.75) is 11.8 Å². The molecule has 0 bridgehead atoms. The Morgan fingerprint density at radius 2 is 1.80 bits per heavy atom. The average Bonchev–Trinajstić information content (AvgIpc) is 2.42. The second-order valence-corrected chi connectivity index (χ2v) is 5.97. The van der Waals surface area contributed by atoms with Crippen molar-refractivity contribution >= 4 is 21.4 Å². The summed E-state index contributed by atoms with van der Waals surface area (Å²) in [5.74, 6) is -0.452. The molecular formula is C14H15FN2O2S. The second kappa shape index (κ2) is 5.50. The Morgan fingerprint density at radius 3 is 2.45 bits per heavy atom. The summed E-state index contributed by atoms with van der Waals surface area (Å²) < 4.78 is 40.4. The van der Waals surface area contributed by atoms with Gasteiger partial charge in [0.15, 0.2) is 0 Å². The van der Waals surface area contributed by atoms with Gasteiger partial charge in [0.1, 0.15) is 10.7 Å². The molecule has 0 amide bonds. The predicted molar refractivity (Wildman–Crippen MR) is 77.9 cm³/mol. The number of para-hydroxylation sites is 1. The minimum atomic E-state index is -3.76. The van der Waals surface area contributed by atoms with Crippen LogP contribution in [-0.4, -0.2) is 15.5 Å². The first kappa shape index (κ1) is 14.3. The van der Waals surface area contributed by atoms with Gasteiger partial charge < -0.3 is 5.32 Å². The van der Waals surface area contributed by atoms with Gasteiger partial charge in [-0.2, -0.15) is 0 Å². The maximum atomic E-state index is 13.5. The monoisotopic (exact) mass is 294 g/mol. The summed E-state index contributed by atoms with van der Waals surface area (Å²) in [6.07, 6.45) is 0. The molecule has 0 atom stereocenters. The molecule has 0 aliphatic heterocycles. The van der Waals surface area contributed by atoms with Gasteiger partial charge in [0.05, 0.1) is 11.4 Å². The molecule has 106 valence electrons. The molecule has 2 aromatic rings. The molecule has 2 N–H and O–H groups in total. The predicted octanol–water partition coefficient (Wildman–Crippen LogP) is 2.98. The van der Waals surface area contributed by atoms with Crippen molar-refractivity contribution in [3.05, 3.63) is 53.8 Å². The summed E-state index contributed by atoms with van der Waals surface area (Å²) >= 11 is 0. The molecule has 0 saturated carbocycles. The average molecular weight is 294 g/mol. The van der Waals surface area contributed by atoms with E-state index in [9.17, 15) is 12.8 Å².